The van der Waals surface area contributed by atoms with Gasteiger partial charge in [-0.1, -0.05) is 6.92 Å². The van der Waals surface area contributed by atoms with Crippen molar-refractivity contribution in [2.24, 2.45) is 7.05 Å². The summed E-state index contributed by atoms with van der Waals surface area (Å²) in [7, 11) is -4.23. The fourth-order valence-electron chi connectivity index (χ4n) is 0.916. The SMILES string of the molecule is CCSCOC(=O)C(=O)n1cc[n+](C)c1.F[B-](F)(F)F. The molecule has 11 heteroatoms. The molecule has 0 radical (unpaired) electrons. The molecule has 0 aliphatic heterocycles. The Morgan fingerprint density at radius 1 is 1.35 bits per heavy atom. The summed E-state index contributed by atoms with van der Waals surface area (Å²) in [5.41, 5.74) is 0. The third-order valence-corrected chi connectivity index (χ3v) is 2.35. The van der Waals surface area contributed by atoms with Crippen LogP contribution in [-0.4, -0.2) is 35.4 Å². The molecule has 0 aromatic carbocycles. The minimum atomic E-state index is -6.00. The highest BCUT2D eigenvalue weighted by atomic mass is 32.2. The molecule has 0 N–H and O–H groups in total. The molecule has 0 bridgehead atoms. The summed E-state index contributed by atoms with van der Waals surface area (Å²) in [4.78, 5) is 22.6. The van der Waals surface area contributed by atoms with Crippen LogP contribution in [0, 0.1) is 0 Å². The normalized spacial score (nSPS) is 10.5. The van der Waals surface area contributed by atoms with Crippen LogP contribution in [0.5, 0.6) is 0 Å². The number of carbonyl (C=O) groups is 2. The predicted molar refractivity (Wildman–Crippen MR) is 65.5 cm³/mol. The molecular formula is C9H13BF4N2O3S. The Morgan fingerprint density at radius 2 is 1.90 bits per heavy atom. The molecular weight excluding hydrogens is 303 g/mol. The van der Waals surface area contributed by atoms with Crippen LogP contribution in [0.4, 0.5) is 17.3 Å². The van der Waals surface area contributed by atoms with Crippen LogP contribution < -0.4 is 4.57 Å². The van der Waals surface area contributed by atoms with Crippen molar-refractivity contribution in [1.29, 1.82) is 0 Å². The molecule has 0 atom stereocenters. The van der Waals surface area contributed by atoms with Gasteiger partial charge >= 0.3 is 19.1 Å². The molecule has 1 rings (SSSR count). The summed E-state index contributed by atoms with van der Waals surface area (Å²) in [6.07, 6.45) is 4.69. The van der Waals surface area contributed by atoms with E-state index in [-0.39, 0.29) is 5.94 Å². The molecule has 1 heterocycles. The minimum absolute atomic E-state index is 0.217. The van der Waals surface area contributed by atoms with Gasteiger partial charge in [0.25, 0.3) is 6.33 Å². The molecule has 0 spiro atoms. The quantitative estimate of drug-likeness (QED) is 0.161. The van der Waals surface area contributed by atoms with Gasteiger partial charge in [-0.2, -0.15) is 4.57 Å². The standard InChI is InChI=1S/C9H13N2O3S.BF4/c1-3-15-7-14-9(13)8(12)11-5-4-10(2)6-11;2-1(3,4)5/h4-6H,3,7H2,1-2H3;/q+1;-1. The lowest BCUT2D eigenvalue weighted by atomic mass is 10.3. The molecule has 114 valence electrons. The van der Waals surface area contributed by atoms with Gasteiger partial charge in [-0.15, -0.1) is 11.8 Å². The molecule has 0 fully saturated rings. The van der Waals surface area contributed by atoms with Gasteiger partial charge in [0.15, 0.2) is 0 Å². The second kappa shape index (κ2) is 8.62. The smallest absolute Gasteiger partial charge is 0.446 e. The molecule has 1 aromatic rings. The van der Waals surface area contributed by atoms with Gasteiger partial charge in [0.2, 0.25) is 0 Å². The van der Waals surface area contributed by atoms with Crippen LogP contribution >= 0.6 is 11.8 Å². The molecule has 0 saturated carbocycles. The van der Waals surface area contributed by atoms with Gasteiger partial charge in [-0.25, -0.2) is 14.2 Å². The number of thioether (sulfide) groups is 1. The van der Waals surface area contributed by atoms with E-state index >= 15 is 0 Å². The number of imidazole rings is 1. The lowest BCUT2D eigenvalue weighted by Crippen LogP contribution is -2.28. The average Bonchev–Trinajstić information content (AvgIpc) is 2.73. The average molecular weight is 316 g/mol. The first kappa shape index (κ1) is 18.5. The summed E-state index contributed by atoms with van der Waals surface area (Å²) in [6.45, 7) is 1.95. The number of rotatable bonds is 3. The van der Waals surface area contributed by atoms with Crippen LogP contribution in [0.2, 0.25) is 0 Å². The third-order valence-electron chi connectivity index (χ3n) is 1.66. The minimum Gasteiger partial charge on any atom is -0.446 e. The number of ether oxygens (including phenoxy) is 1. The van der Waals surface area contributed by atoms with E-state index in [0.29, 0.717) is 0 Å². The first-order valence-electron chi connectivity index (χ1n) is 5.35. The van der Waals surface area contributed by atoms with Crippen molar-refractivity contribution >= 4 is 30.9 Å². The highest BCUT2D eigenvalue weighted by Gasteiger charge is 2.23. The van der Waals surface area contributed by atoms with E-state index in [1.54, 1.807) is 17.8 Å². The van der Waals surface area contributed by atoms with Gasteiger partial charge in [0.05, 0.1) is 7.05 Å². The molecule has 20 heavy (non-hydrogen) atoms. The monoisotopic (exact) mass is 316 g/mol. The number of nitrogens with zero attached hydrogens (tertiary/aromatic N) is 2. The first-order chi connectivity index (χ1) is 9.15. The zero-order valence-corrected chi connectivity index (χ0v) is 11.6. The van der Waals surface area contributed by atoms with Crippen molar-refractivity contribution in [2.75, 3.05) is 11.7 Å². The number of aryl methyl sites for hydroxylation is 1. The molecule has 0 aliphatic rings. The molecule has 0 saturated heterocycles. The highest BCUT2D eigenvalue weighted by molar-refractivity contribution is 7.99. The fraction of sp³-hybridized carbons (Fsp3) is 0.444. The van der Waals surface area contributed by atoms with Gasteiger partial charge in [-0.3, -0.25) is 0 Å². The van der Waals surface area contributed by atoms with E-state index in [0.717, 1.165) is 5.75 Å². The van der Waals surface area contributed by atoms with Crippen LogP contribution in [-0.2, 0) is 16.6 Å². The Bertz CT molecular complexity index is 447. The molecule has 0 aliphatic carbocycles. The Labute approximate surface area is 117 Å². The van der Waals surface area contributed by atoms with Crippen LogP contribution in [0.3, 0.4) is 0 Å². The van der Waals surface area contributed by atoms with E-state index < -0.39 is 19.1 Å². The number of hydrogen-bond donors (Lipinski definition) is 0. The second-order valence-electron chi connectivity index (χ2n) is 3.33. The van der Waals surface area contributed by atoms with Crippen LogP contribution in [0.1, 0.15) is 11.7 Å². The molecule has 0 unspecified atom stereocenters. The van der Waals surface area contributed by atoms with E-state index in [9.17, 15) is 26.9 Å². The van der Waals surface area contributed by atoms with Crippen molar-refractivity contribution in [3.8, 4) is 0 Å². The van der Waals surface area contributed by atoms with E-state index in [4.69, 9.17) is 4.74 Å². The number of hydrogen-bond acceptors (Lipinski definition) is 4. The maximum Gasteiger partial charge on any atom is 0.673 e. The summed E-state index contributed by atoms with van der Waals surface area (Å²) in [6, 6.07) is 0. The first-order valence-corrected chi connectivity index (χ1v) is 6.50. The van der Waals surface area contributed by atoms with Crippen molar-refractivity contribution in [3.05, 3.63) is 18.7 Å². The Kier molecular flexibility index (Phi) is 7.96. The fourth-order valence-corrected chi connectivity index (χ4v) is 1.27. The summed E-state index contributed by atoms with van der Waals surface area (Å²) in [5, 5.41) is 0. The van der Waals surface area contributed by atoms with Gasteiger partial charge in [-0.05, 0) is 5.75 Å². The van der Waals surface area contributed by atoms with Gasteiger partial charge in [0.1, 0.15) is 18.3 Å². The molecule has 0 amide bonds. The summed E-state index contributed by atoms with van der Waals surface area (Å²) in [5.74, 6) is -0.437. The Balaban J connectivity index is 0.000000621. The third kappa shape index (κ3) is 9.42. The lowest BCUT2D eigenvalue weighted by molar-refractivity contribution is -0.670. The van der Waals surface area contributed by atoms with E-state index in [1.807, 2.05) is 6.92 Å². The maximum atomic E-state index is 11.4. The van der Waals surface area contributed by atoms with Crippen molar-refractivity contribution in [2.45, 2.75) is 6.92 Å². The van der Waals surface area contributed by atoms with E-state index in [2.05, 4.69) is 0 Å². The van der Waals surface area contributed by atoms with Crippen molar-refractivity contribution < 1.29 is 36.2 Å². The zero-order chi connectivity index (χ0) is 15.8. The van der Waals surface area contributed by atoms with Crippen molar-refractivity contribution in [1.82, 2.24) is 4.57 Å². The predicted octanol–water partition coefficient (Wildman–Crippen LogP) is 1.51. The van der Waals surface area contributed by atoms with Crippen molar-refractivity contribution in [3.63, 3.8) is 0 Å². The summed E-state index contributed by atoms with van der Waals surface area (Å²) < 4.78 is 46.6. The zero-order valence-electron chi connectivity index (χ0n) is 10.8. The number of carbonyl (C=O) groups excluding carboxylic acids is 2. The Hall–Kier alpha value is -1.52. The van der Waals surface area contributed by atoms with Crippen LogP contribution in [0.15, 0.2) is 18.7 Å². The van der Waals surface area contributed by atoms with E-state index in [1.165, 1.54) is 28.9 Å². The number of aromatic nitrogens is 2. The molecule has 5 nitrogen and oxygen atoms in total. The largest absolute Gasteiger partial charge is 0.673 e. The topological polar surface area (TPSA) is 52.2 Å². The van der Waals surface area contributed by atoms with Crippen LogP contribution in [0.25, 0.3) is 0 Å². The summed E-state index contributed by atoms with van der Waals surface area (Å²) >= 11 is 1.44. The lowest BCUT2D eigenvalue weighted by Gasteiger charge is -1.99. The van der Waals surface area contributed by atoms with Gasteiger partial charge in [0, 0.05) is 0 Å². The second-order valence-corrected chi connectivity index (χ2v) is 4.55. The highest BCUT2D eigenvalue weighted by Crippen LogP contribution is 2.06. The maximum absolute atomic E-state index is 11.4. The molecule has 1 aromatic heterocycles. The Morgan fingerprint density at radius 3 is 2.30 bits per heavy atom. The number of halogens is 4. The van der Waals surface area contributed by atoms with Gasteiger partial charge < -0.3 is 22.0 Å². The number of esters is 1.